The van der Waals surface area contributed by atoms with Crippen LogP contribution in [-0.2, 0) is 10.0 Å². The molecule has 2 aromatic heterocycles. The number of sulfonamides is 1. The number of amides is 1. The van der Waals surface area contributed by atoms with Crippen LogP contribution in [-0.4, -0.2) is 49.6 Å². The molecule has 1 aliphatic rings. The smallest absolute Gasteiger partial charge is 0.289 e. The van der Waals surface area contributed by atoms with Gasteiger partial charge >= 0.3 is 0 Å². The van der Waals surface area contributed by atoms with Crippen molar-refractivity contribution in [1.29, 1.82) is 0 Å². The second-order valence-electron chi connectivity index (χ2n) is 5.43. The molecule has 1 fully saturated rings. The van der Waals surface area contributed by atoms with Gasteiger partial charge in [-0.2, -0.15) is 5.10 Å². The predicted molar refractivity (Wildman–Crippen MR) is 81.4 cm³/mol. The van der Waals surface area contributed by atoms with E-state index in [1.165, 1.54) is 19.2 Å². The van der Waals surface area contributed by atoms with Gasteiger partial charge in [0.1, 0.15) is 0 Å². The first kappa shape index (κ1) is 15.8. The zero-order chi connectivity index (χ0) is 16.4. The van der Waals surface area contributed by atoms with Crippen molar-refractivity contribution in [1.82, 2.24) is 19.8 Å². The van der Waals surface area contributed by atoms with Crippen LogP contribution >= 0.6 is 0 Å². The summed E-state index contributed by atoms with van der Waals surface area (Å²) in [5.74, 6) is -0.0680. The zero-order valence-electron chi connectivity index (χ0n) is 12.7. The Labute approximate surface area is 133 Å². The molecule has 1 atom stereocenters. The van der Waals surface area contributed by atoms with E-state index in [9.17, 15) is 13.2 Å². The molecule has 2 aromatic rings. The highest BCUT2D eigenvalue weighted by Crippen LogP contribution is 2.26. The van der Waals surface area contributed by atoms with Crippen LogP contribution in [0.5, 0.6) is 0 Å². The molecule has 3 heterocycles. The first-order valence-corrected chi connectivity index (χ1v) is 8.81. The number of H-pyrrole nitrogens is 1. The Hall–Kier alpha value is -2.13. The minimum absolute atomic E-state index is 0.0316. The summed E-state index contributed by atoms with van der Waals surface area (Å²) < 4.78 is 30.7. The average Bonchev–Trinajstić information content (AvgIpc) is 3.26. The summed E-state index contributed by atoms with van der Waals surface area (Å²) in [5.41, 5.74) is 1.00. The number of nitrogens with zero attached hydrogens (tertiary/aromatic N) is 2. The lowest BCUT2D eigenvalue weighted by Gasteiger charge is -2.31. The quantitative estimate of drug-likeness (QED) is 0.862. The van der Waals surface area contributed by atoms with Crippen molar-refractivity contribution < 1.29 is 17.6 Å². The van der Waals surface area contributed by atoms with Crippen molar-refractivity contribution in [2.75, 3.05) is 20.1 Å². The summed E-state index contributed by atoms with van der Waals surface area (Å²) in [6, 6.07) is 4.59. The lowest BCUT2D eigenvalue weighted by atomic mass is 9.95. The molecule has 0 saturated carbocycles. The minimum atomic E-state index is -3.69. The highest BCUT2D eigenvalue weighted by molar-refractivity contribution is 7.89. The highest BCUT2D eigenvalue weighted by atomic mass is 32.2. The molecule has 9 heteroatoms. The van der Waals surface area contributed by atoms with Crippen molar-refractivity contribution in [2.45, 2.75) is 23.9 Å². The fourth-order valence-electron chi connectivity index (χ4n) is 2.75. The first-order valence-electron chi connectivity index (χ1n) is 7.33. The van der Waals surface area contributed by atoms with Gasteiger partial charge in [0.05, 0.1) is 0 Å². The van der Waals surface area contributed by atoms with Gasteiger partial charge in [0, 0.05) is 30.9 Å². The number of likely N-dealkylation sites (tertiary alicyclic amines) is 1. The van der Waals surface area contributed by atoms with Crippen LogP contribution in [0.2, 0.25) is 0 Å². The first-order chi connectivity index (χ1) is 11.0. The second kappa shape index (κ2) is 6.17. The van der Waals surface area contributed by atoms with Crippen LogP contribution in [0.15, 0.2) is 33.9 Å². The molecule has 3 rings (SSSR count). The van der Waals surface area contributed by atoms with Gasteiger partial charge < -0.3 is 9.32 Å². The van der Waals surface area contributed by atoms with Gasteiger partial charge in [0.15, 0.2) is 5.76 Å². The molecule has 0 aliphatic carbocycles. The van der Waals surface area contributed by atoms with Crippen LogP contribution in [0.1, 0.15) is 35.0 Å². The van der Waals surface area contributed by atoms with Crippen LogP contribution in [0.3, 0.4) is 0 Å². The van der Waals surface area contributed by atoms with Gasteiger partial charge in [0.2, 0.25) is 5.09 Å². The Morgan fingerprint density at radius 3 is 2.96 bits per heavy atom. The molecule has 0 aromatic carbocycles. The number of piperidine rings is 1. The Kier molecular flexibility index (Phi) is 4.22. The minimum Gasteiger partial charge on any atom is -0.438 e. The number of aromatic amines is 1. The van der Waals surface area contributed by atoms with E-state index in [0.717, 1.165) is 18.5 Å². The third-order valence-electron chi connectivity index (χ3n) is 4.00. The SMILES string of the molecule is CNS(=O)(=O)c1ccc(C(=O)N2CCC[C@@H](c3ccn[nH]3)C2)o1. The van der Waals surface area contributed by atoms with Crippen molar-refractivity contribution in [3.8, 4) is 0 Å². The normalized spacial score (nSPS) is 19.0. The summed E-state index contributed by atoms with van der Waals surface area (Å²) in [4.78, 5) is 14.2. The highest BCUT2D eigenvalue weighted by Gasteiger charge is 2.28. The molecular weight excluding hydrogens is 320 g/mol. The molecule has 0 bridgehead atoms. The number of hydrogen-bond acceptors (Lipinski definition) is 5. The molecule has 23 heavy (non-hydrogen) atoms. The molecule has 8 nitrogen and oxygen atoms in total. The number of nitrogens with one attached hydrogen (secondary N) is 2. The van der Waals surface area contributed by atoms with E-state index in [1.54, 1.807) is 11.1 Å². The molecule has 0 spiro atoms. The van der Waals surface area contributed by atoms with Gasteiger partial charge in [-0.25, -0.2) is 13.1 Å². The number of rotatable bonds is 4. The van der Waals surface area contributed by atoms with Gasteiger partial charge in [-0.1, -0.05) is 0 Å². The van der Waals surface area contributed by atoms with Crippen LogP contribution in [0, 0.1) is 0 Å². The molecule has 0 radical (unpaired) electrons. The van der Waals surface area contributed by atoms with Gasteiger partial charge in [0.25, 0.3) is 15.9 Å². The van der Waals surface area contributed by atoms with E-state index in [1.807, 2.05) is 6.07 Å². The number of aromatic nitrogens is 2. The van der Waals surface area contributed by atoms with Crippen LogP contribution in [0.4, 0.5) is 0 Å². The lowest BCUT2D eigenvalue weighted by molar-refractivity contribution is 0.0668. The summed E-state index contributed by atoms with van der Waals surface area (Å²) in [5, 5.41) is 6.62. The number of carbonyl (C=O) groups excluding carboxylic acids is 1. The fourth-order valence-corrected chi connectivity index (χ4v) is 3.39. The van der Waals surface area contributed by atoms with E-state index >= 15 is 0 Å². The lowest BCUT2D eigenvalue weighted by Crippen LogP contribution is -2.39. The van der Waals surface area contributed by atoms with Crippen LogP contribution in [0.25, 0.3) is 0 Å². The van der Waals surface area contributed by atoms with Gasteiger partial charge in [-0.15, -0.1) is 0 Å². The maximum Gasteiger partial charge on any atom is 0.289 e. The molecule has 1 amide bonds. The summed E-state index contributed by atoms with van der Waals surface area (Å²) in [6.45, 7) is 1.17. The summed E-state index contributed by atoms with van der Waals surface area (Å²) in [6.07, 6.45) is 3.54. The fraction of sp³-hybridized carbons (Fsp3) is 0.429. The summed E-state index contributed by atoms with van der Waals surface area (Å²) in [7, 11) is -2.40. The third kappa shape index (κ3) is 3.15. The topological polar surface area (TPSA) is 108 Å². The maximum atomic E-state index is 12.5. The van der Waals surface area contributed by atoms with Crippen molar-refractivity contribution in [3.63, 3.8) is 0 Å². The number of hydrogen-bond donors (Lipinski definition) is 2. The third-order valence-corrected chi connectivity index (χ3v) is 5.28. The van der Waals surface area contributed by atoms with Crippen LogP contribution < -0.4 is 4.72 Å². The Balaban J connectivity index is 1.75. The van der Waals surface area contributed by atoms with Gasteiger partial charge in [-0.3, -0.25) is 9.89 Å². The molecule has 124 valence electrons. The Bertz CT molecular complexity index is 782. The Morgan fingerprint density at radius 2 is 2.26 bits per heavy atom. The molecule has 1 aliphatic heterocycles. The van der Waals surface area contributed by atoms with Crippen molar-refractivity contribution in [2.24, 2.45) is 0 Å². The van der Waals surface area contributed by atoms with Crippen molar-refractivity contribution in [3.05, 3.63) is 35.9 Å². The van der Waals surface area contributed by atoms with Crippen molar-refractivity contribution >= 4 is 15.9 Å². The molecule has 1 saturated heterocycles. The number of furan rings is 1. The standard InChI is InChI=1S/C14H18N4O4S/c1-15-23(20,21)13-5-4-12(22-13)14(19)18-8-2-3-10(9-18)11-6-7-16-17-11/h4-7,10,15H,2-3,8-9H2,1H3,(H,16,17)/t10-/m1/s1. The maximum absolute atomic E-state index is 12.5. The zero-order valence-corrected chi connectivity index (χ0v) is 13.5. The van der Waals surface area contributed by atoms with E-state index in [0.29, 0.717) is 13.1 Å². The summed E-state index contributed by atoms with van der Waals surface area (Å²) >= 11 is 0. The predicted octanol–water partition coefficient (Wildman–Crippen LogP) is 0.931. The number of carbonyl (C=O) groups is 1. The molecular formula is C14H18N4O4S. The second-order valence-corrected chi connectivity index (χ2v) is 7.25. The molecule has 0 unspecified atom stereocenters. The van der Waals surface area contributed by atoms with Gasteiger partial charge in [-0.05, 0) is 38.1 Å². The van der Waals surface area contributed by atoms with E-state index < -0.39 is 10.0 Å². The van der Waals surface area contributed by atoms with E-state index in [2.05, 4.69) is 14.9 Å². The van der Waals surface area contributed by atoms with E-state index in [-0.39, 0.29) is 22.7 Å². The van der Waals surface area contributed by atoms with E-state index in [4.69, 9.17) is 4.42 Å². The largest absolute Gasteiger partial charge is 0.438 e. The average molecular weight is 338 g/mol. The molecule has 2 N–H and O–H groups in total. The Morgan fingerprint density at radius 1 is 1.43 bits per heavy atom. The monoisotopic (exact) mass is 338 g/mol.